The fourth-order valence-electron chi connectivity index (χ4n) is 2.61. The summed E-state index contributed by atoms with van der Waals surface area (Å²) < 4.78 is 19.7. The van der Waals surface area contributed by atoms with Crippen LogP contribution in [0.5, 0.6) is 5.75 Å². The molecule has 2 unspecified atom stereocenters. The minimum atomic E-state index is -0.402. The number of nitrogens with two attached hydrogens (primary N) is 1. The van der Waals surface area contributed by atoms with Gasteiger partial charge in [-0.1, -0.05) is 35.9 Å². The molecule has 2 aromatic carbocycles. The molecule has 20 heavy (non-hydrogen) atoms. The van der Waals surface area contributed by atoms with Crippen LogP contribution in [-0.4, -0.2) is 6.61 Å². The summed E-state index contributed by atoms with van der Waals surface area (Å²) in [5.74, 6) is 0.594. The first-order chi connectivity index (χ1) is 9.65. The van der Waals surface area contributed by atoms with Crippen molar-refractivity contribution in [3.63, 3.8) is 0 Å². The van der Waals surface area contributed by atoms with E-state index in [0.717, 1.165) is 17.7 Å². The Labute approximate surface area is 122 Å². The maximum atomic E-state index is 13.9. The van der Waals surface area contributed by atoms with Crippen molar-refractivity contribution in [2.24, 2.45) is 11.7 Å². The summed E-state index contributed by atoms with van der Waals surface area (Å²) in [6.45, 7) is 0.500. The van der Waals surface area contributed by atoms with Gasteiger partial charge < -0.3 is 10.5 Å². The van der Waals surface area contributed by atoms with Gasteiger partial charge in [0, 0.05) is 22.5 Å². The molecule has 2 nitrogen and oxygen atoms in total. The van der Waals surface area contributed by atoms with Crippen LogP contribution in [0.15, 0.2) is 42.5 Å². The third-order valence-electron chi connectivity index (χ3n) is 3.74. The number of hydrogen-bond donors (Lipinski definition) is 1. The second kappa shape index (κ2) is 5.43. The lowest BCUT2D eigenvalue weighted by atomic mass is 9.87. The van der Waals surface area contributed by atoms with Crippen molar-refractivity contribution < 1.29 is 9.13 Å². The van der Waals surface area contributed by atoms with Gasteiger partial charge in [-0.25, -0.2) is 4.39 Å². The molecule has 104 valence electrons. The van der Waals surface area contributed by atoms with Gasteiger partial charge in [-0.3, -0.25) is 0 Å². The summed E-state index contributed by atoms with van der Waals surface area (Å²) >= 11 is 5.77. The number of ether oxygens (including phenoxy) is 1. The van der Waals surface area contributed by atoms with Crippen molar-refractivity contribution in [2.75, 3.05) is 6.61 Å². The lowest BCUT2D eigenvalue weighted by Crippen LogP contribution is -2.32. The molecule has 2 atom stereocenters. The smallest absolute Gasteiger partial charge is 0.129 e. The van der Waals surface area contributed by atoms with Gasteiger partial charge in [-0.2, -0.15) is 0 Å². The van der Waals surface area contributed by atoms with E-state index in [0.29, 0.717) is 17.2 Å². The molecule has 4 heteroatoms. The van der Waals surface area contributed by atoms with Crippen LogP contribution in [0.25, 0.3) is 0 Å². The number of rotatable bonds is 2. The monoisotopic (exact) mass is 291 g/mol. The SMILES string of the molecule is NC(c1ccc(Cl)cc1F)C1COc2ccccc2C1. The lowest BCUT2D eigenvalue weighted by molar-refractivity contribution is 0.198. The third kappa shape index (κ3) is 2.51. The molecule has 0 radical (unpaired) electrons. The van der Waals surface area contributed by atoms with Crippen molar-refractivity contribution in [3.8, 4) is 5.75 Å². The van der Waals surface area contributed by atoms with Crippen molar-refractivity contribution >= 4 is 11.6 Å². The molecule has 2 aromatic rings. The average Bonchev–Trinajstić information content (AvgIpc) is 2.46. The van der Waals surface area contributed by atoms with Gasteiger partial charge in [-0.05, 0) is 30.2 Å². The minimum Gasteiger partial charge on any atom is -0.493 e. The molecule has 2 N–H and O–H groups in total. The van der Waals surface area contributed by atoms with Gasteiger partial charge in [-0.15, -0.1) is 0 Å². The summed E-state index contributed by atoms with van der Waals surface area (Å²) in [7, 11) is 0. The predicted molar refractivity (Wildman–Crippen MR) is 77.5 cm³/mol. The zero-order valence-corrected chi connectivity index (χ0v) is 11.6. The van der Waals surface area contributed by atoms with E-state index in [2.05, 4.69) is 0 Å². The number of para-hydroxylation sites is 1. The molecule has 0 saturated heterocycles. The van der Waals surface area contributed by atoms with Crippen molar-refractivity contribution in [2.45, 2.75) is 12.5 Å². The Morgan fingerprint density at radius 2 is 2.05 bits per heavy atom. The summed E-state index contributed by atoms with van der Waals surface area (Å²) in [6.07, 6.45) is 0.791. The van der Waals surface area contributed by atoms with Crippen LogP contribution in [0.1, 0.15) is 17.2 Å². The summed E-state index contributed by atoms with van der Waals surface area (Å²) in [4.78, 5) is 0. The van der Waals surface area contributed by atoms with E-state index in [1.165, 1.54) is 6.07 Å². The molecule has 0 saturated carbocycles. The Kier molecular flexibility index (Phi) is 3.64. The molecule has 0 fully saturated rings. The van der Waals surface area contributed by atoms with E-state index in [1.54, 1.807) is 12.1 Å². The van der Waals surface area contributed by atoms with E-state index < -0.39 is 6.04 Å². The maximum absolute atomic E-state index is 13.9. The van der Waals surface area contributed by atoms with E-state index in [1.807, 2.05) is 24.3 Å². The van der Waals surface area contributed by atoms with Gasteiger partial charge in [0.05, 0.1) is 6.61 Å². The van der Waals surface area contributed by atoms with E-state index in [-0.39, 0.29) is 11.7 Å². The van der Waals surface area contributed by atoms with Crippen LogP contribution in [0, 0.1) is 11.7 Å². The Hall–Kier alpha value is -1.58. The molecule has 0 spiro atoms. The molecular formula is C16H15ClFNO. The first-order valence-electron chi connectivity index (χ1n) is 6.56. The van der Waals surface area contributed by atoms with E-state index in [9.17, 15) is 4.39 Å². The van der Waals surface area contributed by atoms with Gasteiger partial charge >= 0.3 is 0 Å². The molecule has 1 aliphatic heterocycles. The fraction of sp³-hybridized carbons (Fsp3) is 0.250. The zero-order chi connectivity index (χ0) is 14.1. The highest BCUT2D eigenvalue weighted by Gasteiger charge is 2.27. The zero-order valence-electron chi connectivity index (χ0n) is 10.9. The van der Waals surface area contributed by atoms with Crippen LogP contribution < -0.4 is 10.5 Å². The normalized spacial score (nSPS) is 19.1. The number of benzene rings is 2. The van der Waals surface area contributed by atoms with Gasteiger partial charge in [0.25, 0.3) is 0 Å². The highest BCUT2D eigenvalue weighted by molar-refractivity contribution is 6.30. The van der Waals surface area contributed by atoms with E-state index >= 15 is 0 Å². The minimum absolute atomic E-state index is 0.0561. The molecular weight excluding hydrogens is 277 g/mol. The average molecular weight is 292 g/mol. The van der Waals surface area contributed by atoms with Gasteiger partial charge in [0.15, 0.2) is 0 Å². The van der Waals surface area contributed by atoms with Crippen molar-refractivity contribution in [1.29, 1.82) is 0 Å². The Balaban J connectivity index is 1.84. The van der Waals surface area contributed by atoms with Crippen LogP contribution in [-0.2, 0) is 6.42 Å². The molecule has 0 aliphatic carbocycles. The number of hydrogen-bond acceptors (Lipinski definition) is 2. The topological polar surface area (TPSA) is 35.2 Å². The molecule has 0 bridgehead atoms. The molecule has 3 rings (SSSR count). The van der Waals surface area contributed by atoms with Crippen molar-refractivity contribution in [3.05, 3.63) is 64.4 Å². The molecule has 1 aliphatic rings. The fourth-order valence-corrected chi connectivity index (χ4v) is 2.77. The second-order valence-electron chi connectivity index (χ2n) is 5.07. The van der Waals surface area contributed by atoms with Crippen LogP contribution in [0.3, 0.4) is 0 Å². The van der Waals surface area contributed by atoms with E-state index in [4.69, 9.17) is 22.1 Å². The highest BCUT2D eigenvalue weighted by Crippen LogP contribution is 2.33. The highest BCUT2D eigenvalue weighted by atomic mass is 35.5. The summed E-state index contributed by atoms with van der Waals surface area (Å²) in [5.41, 5.74) is 7.82. The third-order valence-corrected chi connectivity index (χ3v) is 3.97. The number of halogens is 2. The van der Waals surface area contributed by atoms with Gasteiger partial charge in [0.2, 0.25) is 0 Å². The molecule has 0 aromatic heterocycles. The van der Waals surface area contributed by atoms with Gasteiger partial charge in [0.1, 0.15) is 11.6 Å². The maximum Gasteiger partial charge on any atom is 0.129 e. The quantitative estimate of drug-likeness (QED) is 0.915. The summed E-state index contributed by atoms with van der Waals surface area (Å²) in [5, 5.41) is 0.378. The largest absolute Gasteiger partial charge is 0.493 e. The number of fused-ring (bicyclic) bond motifs is 1. The van der Waals surface area contributed by atoms with Crippen LogP contribution in [0.4, 0.5) is 4.39 Å². The predicted octanol–water partition coefficient (Wildman–Crippen LogP) is 3.73. The first-order valence-corrected chi connectivity index (χ1v) is 6.94. The lowest BCUT2D eigenvalue weighted by Gasteiger charge is -2.30. The first kappa shape index (κ1) is 13.4. The molecule has 1 heterocycles. The van der Waals surface area contributed by atoms with Crippen LogP contribution in [0.2, 0.25) is 5.02 Å². The van der Waals surface area contributed by atoms with Crippen LogP contribution >= 0.6 is 11.6 Å². The Bertz CT molecular complexity index is 632. The van der Waals surface area contributed by atoms with Crippen molar-refractivity contribution in [1.82, 2.24) is 0 Å². The molecule has 0 amide bonds. The summed E-state index contributed by atoms with van der Waals surface area (Å²) in [6, 6.07) is 12.1. The Morgan fingerprint density at radius 1 is 1.25 bits per heavy atom. The Morgan fingerprint density at radius 3 is 2.85 bits per heavy atom. The second-order valence-corrected chi connectivity index (χ2v) is 5.51. The standard InChI is InChI=1S/C16H15ClFNO/c17-12-5-6-13(14(18)8-12)16(19)11-7-10-3-1-2-4-15(10)20-9-11/h1-6,8,11,16H,7,9,19H2.